The molecule has 0 spiro atoms. The van der Waals surface area contributed by atoms with Crippen molar-refractivity contribution in [3.63, 3.8) is 0 Å². The highest BCUT2D eigenvalue weighted by atomic mass is 16.3. The van der Waals surface area contributed by atoms with E-state index < -0.39 is 0 Å². The van der Waals surface area contributed by atoms with Crippen LogP contribution >= 0.6 is 0 Å². The quantitative estimate of drug-likeness (QED) is 0.872. The van der Waals surface area contributed by atoms with Gasteiger partial charge in [-0.15, -0.1) is 0 Å². The molecule has 0 bridgehead atoms. The fraction of sp³-hybridized carbons (Fsp3) is 0.533. The molecule has 1 aromatic rings. The third-order valence-corrected chi connectivity index (χ3v) is 3.72. The number of hydrogen-bond acceptors (Lipinski definition) is 2. The second-order valence-electron chi connectivity index (χ2n) is 5.41. The van der Waals surface area contributed by atoms with Gasteiger partial charge >= 0.3 is 0 Å². The van der Waals surface area contributed by atoms with Crippen LogP contribution in [-0.4, -0.2) is 28.5 Å². The Hall–Kier alpha value is -1.51. The first-order chi connectivity index (χ1) is 8.56. The highest BCUT2D eigenvalue weighted by molar-refractivity contribution is 5.79. The monoisotopic (exact) mass is 247 g/mol. The van der Waals surface area contributed by atoms with Crippen LogP contribution in [0.15, 0.2) is 24.3 Å². The average molecular weight is 247 g/mol. The van der Waals surface area contributed by atoms with Crippen molar-refractivity contribution in [3.05, 3.63) is 29.8 Å². The van der Waals surface area contributed by atoms with Crippen molar-refractivity contribution >= 4 is 5.91 Å². The Bertz CT molecular complexity index is 430. The molecule has 2 unspecified atom stereocenters. The minimum Gasteiger partial charge on any atom is -0.508 e. The van der Waals surface area contributed by atoms with Gasteiger partial charge in [-0.25, -0.2) is 0 Å². The Morgan fingerprint density at radius 3 is 2.89 bits per heavy atom. The van der Waals surface area contributed by atoms with Crippen LogP contribution in [-0.2, 0) is 11.2 Å². The van der Waals surface area contributed by atoms with Crippen LogP contribution in [0.25, 0.3) is 0 Å². The third-order valence-electron chi connectivity index (χ3n) is 3.72. The number of likely N-dealkylation sites (tertiary alicyclic amines) is 1. The number of phenols is 1. The highest BCUT2D eigenvalue weighted by Crippen LogP contribution is 2.23. The van der Waals surface area contributed by atoms with Gasteiger partial charge in [0.15, 0.2) is 0 Å². The first-order valence-electron chi connectivity index (χ1n) is 6.63. The van der Waals surface area contributed by atoms with E-state index in [1.54, 1.807) is 18.2 Å². The third kappa shape index (κ3) is 3.03. The lowest BCUT2D eigenvalue weighted by Gasteiger charge is -2.36. The van der Waals surface area contributed by atoms with Gasteiger partial charge < -0.3 is 10.0 Å². The van der Waals surface area contributed by atoms with E-state index in [2.05, 4.69) is 13.8 Å². The molecular formula is C15H21NO2. The van der Waals surface area contributed by atoms with Crippen molar-refractivity contribution in [3.8, 4) is 5.75 Å². The molecule has 98 valence electrons. The Morgan fingerprint density at radius 1 is 1.44 bits per heavy atom. The van der Waals surface area contributed by atoms with Gasteiger partial charge in [0.2, 0.25) is 5.91 Å². The number of carbonyl (C=O) groups is 1. The summed E-state index contributed by atoms with van der Waals surface area (Å²) < 4.78 is 0. The molecule has 1 fully saturated rings. The van der Waals surface area contributed by atoms with Crippen molar-refractivity contribution in [1.82, 2.24) is 4.90 Å². The summed E-state index contributed by atoms with van der Waals surface area (Å²) >= 11 is 0. The Labute approximate surface area is 108 Å². The normalized spacial score (nSPS) is 24.0. The van der Waals surface area contributed by atoms with Crippen molar-refractivity contribution in [2.75, 3.05) is 6.54 Å². The number of nitrogens with zero attached hydrogens (tertiary/aromatic N) is 1. The largest absolute Gasteiger partial charge is 0.508 e. The molecule has 1 heterocycles. The second-order valence-corrected chi connectivity index (χ2v) is 5.41. The Balaban J connectivity index is 1.99. The molecule has 1 N–H and O–H groups in total. The molecule has 1 amide bonds. The summed E-state index contributed by atoms with van der Waals surface area (Å²) in [6.45, 7) is 5.23. The fourth-order valence-corrected chi connectivity index (χ4v) is 2.72. The standard InChI is InChI=1S/C15H21NO2/c1-11-6-7-16(12(2)8-11)15(18)10-13-4-3-5-14(17)9-13/h3-5,9,11-12,17H,6-8,10H2,1-2H3. The maximum Gasteiger partial charge on any atom is 0.227 e. The highest BCUT2D eigenvalue weighted by Gasteiger charge is 2.26. The van der Waals surface area contributed by atoms with Crippen LogP contribution in [0.1, 0.15) is 32.3 Å². The molecule has 1 saturated heterocycles. The van der Waals surface area contributed by atoms with Crippen LogP contribution in [0.2, 0.25) is 0 Å². The van der Waals surface area contributed by atoms with Crippen LogP contribution in [0.4, 0.5) is 0 Å². The van der Waals surface area contributed by atoms with Crippen molar-refractivity contribution < 1.29 is 9.90 Å². The molecule has 1 aliphatic heterocycles. The number of benzene rings is 1. The summed E-state index contributed by atoms with van der Waals surface area (Å²) in [5.41, 5.74) is 0.880. The van der Waals surface area contributed by atoms with Crippen molar-refractivity contribution in [2.45, 2.75) is 39.2 Å². The summed E-state index contributed by atoms with van der Waals surface area (Å²) in [6.07, 6.45) is 2.56. The van der Waals surface area contributed by atoms with Crippen LogP contribution < -0.4 is 0 Å². The van der Waals surface area contributed by atoms with Gasteiger partial charge in [0.25, 0.3) is 0 Å². The lowest BCUT2D eigenvalue weighted by Crippen LogP contribution is -2.44. The molecule has 3 heteroatoms. The number of carbonyl (C=O) groups excluding carboxylic acids is 1. The number of phenolic OH excluding ortho intramolecular Hbond substituents is 1. The summed E-state index contributed by atoms with van der Waals surface area (Å²) in [6, 6.07) is 7.28. The van der Waals surface area contributed by atoms with Crippen molar-refractivity contribution in [2.24, 2.45) is 5.92 Å². The van der Waals surface area contributed by atoms with Gasteiger partial charge in [0.1, 0.15) is 5.75 Å². The Kier molecular flexibility index (Phi) is 3.90. The number of piperidine rings is 1. The summed E-state index contributed by atoms with van der Waals surface area (Å²) in [7, 11) is 0. The molecule has 3 nitrogen and oxygen atoms in total. The van der Waals surface area contributed by atoms with Crippen LogP contribution in [0, 0.1) is 5.92 Å². The van der Waals surface area contributed by atoms with Gasteiger partial charge in [-0.05, 0) is 43.4 Å². The zero-order chi connectivity index (χ0) is 13.1. The zero-order valence-corrected chi connectivity index (χ0v) is 11.1. The molecule has 1 aliphatic rings. The van der Waals surface area contributed by atoms with E-state index in [4.69, 9.17) is 0 Å². The zero-order valence-electron chi connectivity index (χ0n) is 11.1. The molecule has 0 radical (unpaired) electrons. The van der Waals surface area contributed by atoms with Gasteiger partial charge in [-0.1, -0.05) is 19.1 Å². The number of amides is 1. The minimum absolute atomic E-state index is 0.167. The van der Waals surface area contributed by atoms with Crippen LogP contribution in [0.3, 0.4) is 0 Å². The first-order valence-corrected chi connectivity index (χ1v) is 6.63. The van der Waals surface area contributed by atoms with E-state index in [-0.39, 0.29) is 11.7 Å². The molecular weight excluding hydrogens is 226 g/mol. The van der Waals surface area contributed by atoms with E-state index in [9.17, 15) is 9.90 Å². The number of aromatic hydroxyl groups is 1. The lowest BCUT2D eigenvalue weighted by molar-refractivity contribution is -0.134. The molecule has 0 aromatic heterocycles. The average Bonchev–Trinajstić information content (AvgIpc) is 2.28. The fourth-order valence-electron chi connectivity index (χ4n) is 2.72. The number of hydrogen-bond donors (Lipinski definition) is 1. The molecule has 18 heavy (non-hydrogen) atoms. The van der Waals surface area contributed by atoms with Gasteiger partial charge in [-0.2, -0.15) is 0 Å². The molecule has 0 aliphatic carbocycles. The lowest BCUT2D eigenvalue weighted by atomic mass is 9.93. The van der Waals surface area contributed by atoms with E-state index in [1.165, 1.54) is 0 Å². The molecule has 2 atom stereocenters. The number of rotatable bonds is 2. The van der Waals surface area contributed by atoms with Gasteiger partial charge in [0, 0.05) is 12.6 Å². The molecule has 2 rings (SSSR count). The predicted molar refractivity (Wildman–Crippen MR) is 71.4 cm³/mol. The first kappa shape index (κ1) is 12.9. The SMILES string of the molecule is CC1CCN(C(=O)Cc2cccc(O)c2)C(C)C1. The van der Waals surface area contributed by atoms with Crippen LogP contribution in [0.5, 0.6) is 5.75 Å². The van der Waals surface area contributed by atoms with Crippen molar-refractivity contribution in [1.29, 1.82) is 0 Å². The minimum atomic E-state index is 0.167. The molecule has 1 aromatic carbocycles. The molecule has 0 saturated carbocycles. The van der Waals surface area contributed by atoms with E-state index in [1.807, 2.05) is 11.0 Å². The summed E-state index contributed by atoms with van der Waals surface area (Å²) in [5.74, 6) is 1.10. The Morgan fingerprint density at radius 2 is 2.22 bits per heavy atom. The maximum absolute atomic E-state index is 12.2. The van der Waals surface area contributed by atoms with E-state index >= 15 is 0 Å². The predicted octanol–water partition coefficient (Wildman–Crippen LogP) is 2.58. The summed E-state index contributed by atoms with van der Waals surface area (Å²) in [4.78, 5) is 14.2. The van der Waals surface area contributed by atoms with E-state index in [0.29, 0.717) is 18.4 Å². The smallest absolute Gasteiger partial charge is 0.227 e. The maximum atomic E-state index is 12.2. The van der Waals surface area contributed by atoms with E-state index in [0.717, 1.165) is 24.9 Å². The van der Waals surface area contributed by atoms with Gasteiger partial charge in [0.05, 0.1) is 6.42 Å². The second kappa shape index (κ2) is 5.42. The van der Waals surface area contributed by atoms with Gasteiger partial charge in [-0.3, -0.25) is 4.79 Å². The topological polar surface area (TPSA) is 40.5 Å². The summed E-state index contributed by atoms with van der Waals surface area (Å²) in [5, 5.41) is 9.40.